The number of halogens is 4. The molecule has 2 heterocycles. The fourth-order valence-electron chi connectivity index (χ4n) is 2.66. The summed E-state index contributed by atoms with van der Waals surface area (Å²) in [5.74, 6) is -0.0485. The Hall–Kier alpha value is -2.45. The predicted octanol–water partition coefficient (Wildman–Crippen LogP) is 4.63. The lowest BCUT2D eigenvalue weighted by Gasteiger charge is -2.06. The zero-order chi connectivity index (χ0) is 20.4. The number of aryl methyl sites for hydroxylation is 2. The monoisotopic (exact) mass is 427 g/mol. The molecule has 28 heavy (non-hydrogen) atoms. The SMILES string of the molecule is Cc1cc(NC(=O)Cn2nc(C(F)F)cc2C)nn1Cc1ccc(Cl)c(Cl)c1. The average molecular weight is 428 g/mol. The van der Waals surface area contributed by atoms with Crippen LogP contribution in [0.3, 0.4) is 0 Å². The van der Waals surface area contributed by atoms with Gasteiger partial charge in [-0.25, -0.2) is 8.78 Å². The van der Waals surface area contributed by atoms with Gasteiger partial charge in [0.05, 0.1) is 16.6 Å². The molecule has 148 valence electrons. The van der Waals surface area contributed by atoms with Crippen molar-refractivity contribution in [2.24, 2.45) is 0 Å². The van der Waals surface area contributed by atoms with Crippen molar-refractivity contribution in [3.8, 4) is 0 Å². The molecule has 0 aliphatic carbocycles. The number of aromatic nitrogens is 4. The van der Waals surface area contributed by atoms with Crippen LogP contribution in [-0.4, -0.2) is 25.5 Å². The molecule has 0 atom stereocenters. The Morgan fingerprint density at radius 1 is 1.07 bits per heavy atom. The van der Waals surface area contributed by atoms with E-state index in [4.69, 9.17) is 23.2 Å². The molecular formula is C18H17Cl2F2N5O. The van der Waals surface area contributed by atoms with Crippen LogP contribution >= 0.6 is 23.2 Å². The topological polar surface area (TPSA) is 64.7 Å². The van der Waals surface area contributed by atoms with Gasteiger partial charge in [0, 0.05) is 17.5 Å². The van der Waals surface area contributed by atoms with E-state index >= 15 is 0 Å². The van der Waals surface area contributed by atoms with Crippen LogP contribution in [0.2, 0.25) is 10.0 Å². The highest BCUT2D eigenvalue weighted by molar-refractivity contribution is 6.42. The Labute approximate surface area is 170 Å². The summed E-state index contributed by atoms with van der Waals surface area (Å²) in [7, 11) is 0. The molecule has 1 N–H and O–H groups in total. The molecule has 0 radical (unpaired) electrons. The van der Waals surface area contributed by atoms with E-state index in [2.05, 4.69) is 15.5 Å². The highest BCUT2D eigenvalue weighted by Gasteiger charge is 2.16. The summed E-state index contributed by atoms with van der Waals surface area (Å²) in [5.41, 5.74) is 1.86. The molecule has 0 bridgehead atoms. The molecule has 0 spiro atoms. The van der Waals surface area contributed by atoms with Crippen molar-refractivity contribution in [2.45, 2.75) is 33.4 Å². The number of alkyl halides is 2. The molecule has 6 nitrogen and oxygen atoms in total. The number of carbonyl (C=O) groups excluding carboxylic acids is 1. The van der Waals surface area contributed by atoms with Crippen molar-refractivity contribution >= 4 is 34.9 Å². The maximum atomic E-state index is 12.7. The summed E-state index contributed by atoms with van der Waals surface area (Å²) in [6.07, 6.45) is -2.68. The molecule has 3 rings (SSSR count). The Balaban J connectivity index is 1.67. The lowest BCUT2D eigenvalue weighted by atomic mass is 10.2. The molecule has 2 aromatic heterocycles. The normalized spacial score (nSPS) is 11.2. The maximum absolute atomic E-state index is 12.7. The second-order valence-electron chi connectivity index (χ2n) is 6.29. The summed E-state index contributed by atoms with van der Waals surface area (Å²) >= 11 is 12.0. The summed E-state index contributed by atoms with van der Waals surface area (Å²) < 4.78 is 28.4. The number of amides is 1. The van der Waals surface area contributed by atoms with Crippen LogP contribution in [0.25, 0.3) is 0 Å². The highest BCUT2D eigenvalue weighted by Crippen LogP contribution is 2.23. The average Bonchev–Trinajstić information content (AvgIpc) is 3.14. The van der Waals surface area contributed by atoms with Crippen LogP contribution in [0, 0.1) is 13.8 Å². The molecule has 0 saturated heterocycles. The lowest BCUT2D eigenvalue weighted by molar-refractivity contribution is -0.117. The van der Waals surface area contributed by atoms with E-state index in [9.17, 15) is 13.6 Å². The number of nitrogens with one attached hydrogen (secondary N) is 1. The van der Waals surface area contributed by atoms with Gasteiger partial charge in [-0.15, -0.1) is 0 Å². The number of carbonyl (C=O) groups is 1. The number of nitrogens with zero attached hydrogens (tertiary/aromatic N) is 4. The molecule has 10 heteroatoms. The van der Waals surface area contributed by atoms with Crippen LogP contribution in [0.1, 0.15) is 29.1 Å². The van der Waals surface area contributed by atoms with Gasteiger partial charge in [-0.05, 0) is 37.6 Å². The molecule has 0 aliphatic rings. The van der Waals surface area contributed by atoms with Gasteiger partial charge in [-0.3, -0.25) is 14.2 Å². The van der Waals surface area contributed by atoms with E-state index in [0.29, 0.717) is 28.1 Å². The Bertz CT molecular complexity index is 1020. The molecule has 3 aromatic rings. The predicted molar refractivity (Wildman–Crippen MR) is 103 cm³/mol. The number of hydrogen-bond donors (Lipinski definition) is 1. The second kappa shape index (κ2) is 8.28. The minimum atomic E-state index is -2.68. The molecule has 0 fully saturated rings. The summed E-state index contributed by atoms with van der Waals surface area (Å²) in [6.45, 7) is 3.74. The number of benzene rings is 1. The second-order valence-corrected chi connectivity index (χ2v) is 7.11. The summed E-state index contributed by atoms with van der Waals surface area (Å²) in [6, 6.07) is 8.28. The van der Waals surface area contributed by atoms with Gasteiger partial charge >= 0.3 is 0 Å². The van der Waals surface area contributed by atoms with Crippen molar-refractivity contribution in [3.63, 3.8) is 0 Å². The third kappa shape index (κ3) is 4.69. The fourth-order valence-corrected chi connectivity index (χ4v) is 2.98. The first-order chi connectivity index (χ1) is 13.2. The van der Waals surface area contributed by atoms with Crippen LogP contribution in [0.4, 0.5) is 14.6 Å². The molecule has 1 amide bonds. The quantitative estimate of drug-likeness (QED) is 0.623. The highest BCUT2D eigenvalue weighted by atomic mass is 35.5. The first-order valence-electron chi connectivity index (χ1n) is 8.33. The number of rotatable bonds is 6. The van der Waals surface area contributed by atoms with Crippen molar-refractivity contribution < 1.29 is 13.6 Å². The van der Waals surface area contributed by atoms with Crippen LogP contribution in [-0.2, 0) is 17.9 Å². The largest absolute Gasteiger partial charge is 0.308 e. The zero-order valence-electron chi connectivity index (χ0n) is 15.1. The van der Waals surface area contributed by atoms with Crippen LogP contribution < -0.4 is 5.32 Å². The van der Waals surface area contributed by atoms with Gasteiger partial charge in [0.1, 0.15) is 12.2 Å². The number of hydrogen-bond acceptors (Lipinski definition) is 3. The van der Waals surface area contributed by atoms with Crippen molar-refractivity contribution in [1.82, 2.24) is 19.6 Å². The Morgan fingerprint density at radius 3 is 2.43 bits per heavy atom. The van der Waals surface area contributed by atoms with Gasteiger partial charge in [-0.2, -0.15) is 10.2 Å². The fraction of sp³-hybridized carbons (Fsp3) is 0.278. The van der Waals surface area contributed by atoms with Gasteiger partial charge < -0.3 is 5.32 Å². The lowest BCUT2D eigenvalue weighted by Crippen LogP contribution is -2.20. The van der Waals surface area contributed by atoms with E-state index in [1.807, 2.05) is 13.0 Å². The molecule has 0 unspecified atom stereocenters. The van der Waals surface area contributed by atoms with Crippen LogP contribution in [0.15, 0.2) is 30.3 Å². The zero-order valence-corrected chi connectivity index (χ0v) is 16.6. The Morgan fingerprint density at radius 2 is 1.79 bits per heavy atom. The van der Waals surface area contributed by atoms with E-state index < -0.39 is 12.3 Å². The molecular weight excluding hydrogens is 411 g/mol. The van der Waals surface area contributed by atoms with Crippen LogP contribution in [0.5, 0.6) is 0 Å². The van der Waals surface area contributed by atoms with Crippen molar-refractivity contribution in [1.29, 1.82) is 0 Å². The molecule has 1 aromatic carbocycles. The minimum absolute atomic E-state index is 0.183. The first kappa shape index (κ1) is 20.3. The van der Waals surface area contributed by atoms with Gasteiger partial charge in [0.25, 0.3) is 6.43 Å². The van der Waals surface area contributed by atoms with Gasteiger partial charge in [0.15, 0.2) is 5.82 Å². The summed E-state index contributed by atoms with van der Waals surface area (Å²) in [5, 5.41) is 11.7. The van der Waals surface area contributed by atoms with E-state index in [-0.39, 0.29) is 12.2 Å². The van der Waals surface area contributed by atoms with E-state index in [0.717, 1.165) is 11.3 Å². The van der Waals surface area contributed by atoms with E-state index in [1.54, 1.807) is 29.8 Å². The first-order valence-corrected chi connectivity index (χ1v) is 9.09. The summed E-state index contributed by atoms with van der Waals surface area (Å²) in [4.78, 5) is 12.2. The third-order valence-electron chi connectivity index (χ3n) is 4.08. The van der Waals surface area contributed by atoms with Gasteiger partial charge in [-0.1, -0.05) is 29.3 Å². The molecule has 0 saturated carbocycles. The standard InChI is InChI=1S/C18H17Cl2F2N5O/c1-10-5-15(18(21)22)24-27(10)9-17(28)23-16-6-11(2)26(25-16)8-12-3-4-13(19)14(20)7-12/h3-7,18H,8-9H2,1-2H3,(H,23,25,28). The smallest absolute Gasteiger partial charge is 0.282 e. The van der Waals surface area contributed by atoms with Crippen molar-refractivity contribution in [2.75, 3.05) is 5.32 Å². The van der Waals surface area contributed by atoms with E-state index in [1.165, 1.54) is 10.7 Å². The maximum Gasteiger partial charge on any atom is 0.282 e. The third-order valence-corrected chi connectivity index (χ3v) is 4.82. The van der Waals surface area contributed by atoms with Crippen molar-refractivity contribution in [3.05, 3.63) is 63.0 Å². The Kier molecular flexibility index (Phi) is 6.00. The number of anilines is 1. The van der Waals surface area contributed by atoms with Gasteiger partial charge in [0.2, 0.25) is 5.91 Å². The molecule has 0 aliphatic heterocycles. The minimum Gasteiger partial charge on any atom is -0.308 e.